The van der Waals surface area contributed by atoms with Crippen LogP contribution in [0.5, 0.6) is 0 Å². The molecule has 8 heteroatoms. The number of ketones is 1. The molecule has 7 nitrogen and oxygen atoms in total. The molecule has 0 aliphatic carbocycles. The first-order valence-corrected chi connectivity index (χ1v) is 12.0. The number of carbonyl (C=O) groups excluding carboxylic acids is 2. The summed E-state index contributed by atoms with van der Waals surface area (Å²) < 4.78 is 11.0. The van der Waals surface area contributed by atoms with Crippen molar-refractivity contribution in [3.63, 3.8) is 0 Å². The van der Waals surface area contributed by atoms with Crippen molar-refractivity contribution in [2.75, 3.05) is 38.7 Å². The Morgan fingerprint density at radius 3 is 2.55 bits per heavy atom. The zero-order chi connectivity index (χ0) is 21.1. The molecule has 0 saturated carbocycles. The van der Waals surface area contributed by atoms with Crippen LogP contribution in [0.25, 0.3) is 0 Å². The van der Waals surface area contributed by atoms with E-state index in [9.17, 15) is 9.59 Å². The molecule has 3 atom stereocenters. The van der Waals surface area contributed by atoms with Crippen molar-refractivity contribution in [2.45, 2.75) is 82.2 Å². The quantitative estimate of drug-likeness (QED) is 0.274. The van der Waals surface area contributed by atoms with Gasteiger partial charge in [-0.3, -0.25) is 4.79 Å². The molecule has 0 spiro atoms. The second-order valence-corrected chi connectivity index (χ2v) is 10.2. The van der Waals surface area contributed by atoms with Gasteiger partial charge in [-0.25, -0.2) is 4.79 Å². The molecule has 2 aliphatic heterocycles. The molecule has 2 fully saturated rings. The third kappa shape index (κ3) is 10.2. The number of nitrogens with one attached hydrogen (secondary N) is 3. The SMILES string of the molecule is CC(C)(C)NCCOCCOCCCC(=O)CCCCC1SCC2NC(=O)NC21. The fourth-order valence-electron chi connectivity index (χ4n) is 3.63. The van der Waals surface area contributed by atoms with E-state index >= 15 is 0 Å². The first-order chi connectivity index (χ1) is 13.8. The summed E-state index contributed by atoms with van der Waals surface area (Å²) in [6, 6.07) is 0.510. The van der Waals surface area contributed by atoms with E-state index in [0.717, 1.165) is 38.0 Å². The van der Waals surface area contributed by atoms with Gasteiger partial charge >= 0.3 is 6.03 Å². The molecular weight excluding hydrogens is 390 g/mol. The minimum absolute atomic E-state index is 0.0354. The van der Waals surface area contributed by atoms with E-state index in [0.29, 0.717) is 50.3 Å². The van der Waals surface area contributed by atoms with Gasteiger partial charge in [-0.15, -0.1) is 0 Å². The predicted molar refractivity (Wildman–Crippen MR) is 118 cm³/mol. The molecule has 0 bridgehead atoms. The average molecular weight is 430 g/mol. The van der Waals surface area contributed by atoms with Gasteiger partial charge in [-0.2, -0.15) is 11.8 Å². The fraction of sp³-hybridized carbons (Fsp3) is 0.905. The van der Waals surface area contributed by atoms with Crippen LogP contribution in [0.1, 0.15) is 59.3 Å². The van der Waals surface area contributed by atoms with Crippen molar-refractivity contribution in [3.05, 3.63) is 0 Å². The maximum atomic E-state index is 12.0. The highest BCUT2D eigenvalue weighted by Gasteiger charge is 2.42. The van der Waals surface area contributed by atoms with Crippen molar-refractivity contribution in [1.82, 2.24) is 16.0 Å². The largest absolute Gasteiger partial charge is 0.379 e. The minimum Gasteiger partial charge on any atom is -0.379 e. The molecule has 0 aromatic rings. The maximum absolute atomic E-state index is 12.0. The molecule has 2 amide bonds. The molecule has 2 saturated heterocycles. The van der Waals surface area contributed by atoms with Crippen molar-refractivity contribution in [3.8, 4) is 0 Å². The number of ether oxygens (including phenoxy) is 2. The normalized spacial score (nSPS) is 23.7. The molecule has 0 radical (unpaired) electrons. The predicted octanol–water partition coefficient (Wildman–Crippen LogP) is 2.48. The van der Waals surface area contributed by atoms with E-state index < -0.39 is 0 Å². The van der Waals surface area contributed by atoms with Crippen molar-refractivity contribution < 1.29 is 19.1 Å². The average Bonchev–Trinajstić information content (AvgIpc) is 3.19. The van der Waals surface area contributed by atoms with Crippen LogP contribution in [0, 0.1) is 0 Å². The number of rotatable bonds is 15. The Balaban J connectivity index is 1.35. The Bertz CT molecular complexity index is 513. The van der Waals surface area contributed by atoms with Gasteiger partial charge in [0.2, 0.25) is 0 Å². The van der Waals surface area contributed by atoms with Gasteiger partial charge in [0.25, 0.3) is 0 Å². The third-order valence-corrected chi connectivity index (χ3v) is 6.66. The lowest BCUT2D eigenvalue weighted by Gasteiger charge is -2.20. The number of hydrogen-bond acceptors (Lipinski definition) is 6. The van der Waals surface area contributed by atoms with Gasteiger partial charge in [0, 0.05) is 42.5 Å². The highest BCUT2D eigenvalue weighted by atomic mass is 32.2. The third-order valence-electron chi connectivity index (χ3n) is 5.15. The standard InChI is InChI=1S/C21H39N3O4S/c1-21(2,3)22-10-12-28-14-13-27-11-6-8-16(25)7-4-5-9-18-19-17(15-29-18)23-20(26)24-19/h17-19,22H,4-15H2,1-3H3,(H2,23,24,26). The highest BCUT2D eigenvalue weighted by molar-refractivity contribution is 8.00. The van der Waals surface area contributed by atoms with Crippen LogP contribution in [0.15, 0.2) is 0 Å². The summed E-state index contributed by atoms with van der Waals surface area (Å²) in [6.45, 7) is 9.71. The lowest BCUT2D eigenvalue weighted by atomic mass is 10.0. The lowest BCUT2D eigenvalue weighted by molar-refractivity contribution is -0.119. The molecule has 168 valence electrons. The van der Waals surface area contributed by atoms with E-state index in [1.54, 1.807) is 0 Å². The minimum atomic E-state index is -0.0354. The van der Waals surface area contributed by atoms with Gasteiger partial charge in [-0.1, -0.05) is 6.42 Å². The Morgan fingerprint density at radius 1 is 1.07 bits per heavy atom. The molecule has 3 unspecified atom stereocenters. The summed E-state index contributed by atoms with van der Waals surface area (Å²) in [6.07, 6.45) is 5.07. The second-order valence-electron chi connectivity index (χ2n) is 8.91. The highest BCUT2D eigenvalue weighted by Crippen LogP contribution is 2.33. The molecule has 0 aromatic heterocycles. The summed E-state index contributed by atoms with van der Waals surface area (Å²) in [4.78, 5) is 23.4. The Hall–Kier alpha value is -0.830. The number of thioether (sulfide) groups is 1. The van der Waals surface area contributed by atoms with Gasteiger partial charge in [0.05, 0.1) is 31.9 Å². The van der Waals surface area contributed by atoms with Crippen LogP contribution in [-0.4, -0.2) is 73.4 Å². The monoisotopic (exact) mass is 429 g/mol. The molecule has 3 N–H and O–H groups in total. The van der Waals surface area contributed by atoms with E-state index in [2.05, 4.69) is 36.7 Å². The summed E-state index contributed by atoms with van der Waals surface area (Å²) >= 11 is 1.93. The Kier molecular flexibility index (Phi) is 10.8. The number of unbranched alkanes of at least 4 members (excludes halogenated alkanes) is 1. The van der Waals surface area contributed by atoms with Crippen molar-refractivity contribution in [2.24, 2.45) is 0 Å². The first kappa shape index (κ1) is 24.4. The molecule has 0 aromatic carbocycles. The number of urea groups is 1. The second kappa shape index (κ2) is 12.8. The molecule has 2 rings (SSSR count). The molecule has 2 aliphatic rings. The van der Waals surface area contributed by atoms with Gasteiger partial charge < -0.3 is 25.4 Å². The number of carbonyl (C=O) groups is 2. The Morgan fingerprint density at radius 2 is 1.79 bits per heavy atom. The van der Waals surface area contributed by atoms with Crippen LogP contribution in [-0.2, 0) is 14.3 Å². The van der Waals surface area contributed by atoms with E-state index in [4.69, 9.17) is 9.47 Å². The molecular formula is C21H39N3O4S. The smallest absolute Gasteiger partial charge is 0.315 e. The number of amides is 2. The van der Waals surface area contributed by atoms with Crippen LogP contribution in [0.3, 0.4) is 0 Å². The van der Waals surface area contributed by atoms with Crippen LogP contribution >= 0.6 is 11.8 Å². The zero-order valence-corrected chi connectivity index (χ0v) is 19.1. The van der Waals surface area contributed by atoms with Crippen LogP contribution in [0.4, 0.5) is 4.79 Å². The summed E-state index contributed by atoms with van der Waals surface area (Å²) in [7, 11) is 0. The van der Waals surface area contributed by atoms with Crippen molar-refractivity contribution in [1.29, 1.82) is 0 Å². The number of fused-ring (bicyclic) bond motifs is 1. The van der Waals surface area contributed by atoms with Gasteiger partial charge in [0.15, 0.2) is 0 Å². The van der Waals surface area contributed by atoms with E-state index in [1.807, 2.05) is 11.8 Å². The van der Waals surface area contributed by atoms with Crippen molar-refractivity contribution >= 4 is 23.6 Å². The van der Waals surface area contributed by atoms with E-state index in [-0.39, 0.29) is 23.7 Å². The maximum Gasteiger partial charge on any atom is 0.315 e. The number of hydrogen-bond donors (Lipinski definition) is 3. The van der Waals surface area contributed by atoms with Gasteiger partial charge in [-0.05, 0) is 40.0 Å². The lowest BCUT2D eigenvalue weighted by Crippen LogP contribution is -2.38. The van der Waals surface area contributed by atoms with Crippen LogP contribution in [0.2, 0.25) is 0 Å². The Labute approximate surface area is 179 Å². The molecule has 29 heavy (non-hydrogen) atoms. The number of Topliss-reactive ketones (excluding diaryl/α,β-unsaturated/α-hetero) is 1. The summed E-state index contributed by atoms with van der Waals surface area (Å²) in [5, 5.41) is 9.83. The van der Waals surface area contributed by atoms with Crippen LogP contribution < -0.4 is 16.0 Å². The zero-order valence-electron chi connectivity index (χ0n) is 18.3. The molecule has 2 heterocycles. The van der Waals surface area contributed by atoms with Gasteiger partial charge in [0.1, 0.15) is 5.78 Å². The first-order valence-electron chi connectivity index (χ1n) is 11.0. The van der Waals surface area contributed by atoms with E-state index in [1.165, 1.54) is 0 Å². The topological polar surface area (TPSA) is 88.7 Å². The fourth-order valence-corrected chi connectivity index (χ4v) is 5.17. The summed E-state index contributed by atoms with van der Waals surface area (Å²) in [5.41, 5.74) is 0.121. The summed E-state index contributed by atoms with van der Waals surface area (Å²) in [5.74, 6) is 1.32.